The smallest absolute Gasteiger partial charge is 0.0951 e. The normalized spacial score (nSPS) is 11.4. The minimum absolute atomic E-state index is 0.810. The average molecular weight is 221 g/mol. The van der Waals surface area contributed by atoms with Gasteiger partial charge < -0.3 is 10.6 Å². The first-order valence-electron chi connectivity index (χ1n) is 4.95. The Morgan fingerprint density at radius 2 is 2.20 bits per heavy atom. The number of anilines is 1. The fourth-order valence-corrected chi connectivity index (χ4v) is 2.42. The summed E-state index contributed by atoms with van der Waals surface area (Å²) in [7, 11) is 4.15. The predicted molar refractivity (Wildman–Crippen MR) is 66.3 cm³/mol. The number of nitrogen functional groups attached to an aromatic ring is 1. The van der Waals surface area contributed by atoms with Gasteiger partial charge in [-0.3, -0.25) is 0 Å². The number of likely N-dealkylation sites (N-methyl/N-ethyl adjacent to an activating group) is 1. The number of nitrogens with two attached hydrogens (primary N) is 1. The van der Waals surface area contributed by atoms with Gasteiger partial charge in [-0.2, -0.15) is 0 Å². The second kappa shape index (κ2) is 4.16. The van der Waals surface area contributed by atoms with Crippen LogP contribution in [0.25, 0.3) is 10.2 Å². The van der Waals surface area contributed by atoms with E-state index in [0.717, 1.165) is 24.2 Å². The predicted octanol–water partition coefficient (Wildman–Crippen LogP) is 1.98. The number of hydrogen-bond donors (Lipinski definition) is 1. The molecule has 2 N–H and O–H groups in total. The number of benzene rings is 1. The zero-order valence-electron chi connectivity index (χ0n) is 9.03. The van der Waals surface area contributed by atoms with Gasteiger partial charge in [-0.15, -0.1) is 11.3 Å². The average Bonchev–Trinajstić information content (AvgIpc) is 2.56. The molecule has 3 nitrogen and oxygen atoms in total. The van der Waals surface area contributed by atoms with Crippen molar-refractivity contribution >= 4 is 27.2 Å². The van der Waals surface area contributed by atoms with Gasteiger partial charge >= 0.3 is 0 Å². The van der Waals surface area contributed by atoms with Crippen LogP contribution in [0.4, 0.5) is 5.69 Å². The number of nitrogens with zero attached hydrogens (tertiary/aromatic N) is 2. The minimum atomic E-state index is 0.810. The summed E-state index contributed by atoms with van der Waals surface area (Å²) in [6.45, 7) is 1.04. The first kappa shape index (κ1) is 10.4. The molecule has 4 heteroatoms. The number of fused-ring (bicyclic) bond motifs is 1. The maximum Gasteiger partial charge on any atom is 0.0951 e. The zero-order valence-corrected chi connectivity index (χ0v) is 9.84. The maximum atomic E-state index is 5.73. The van der Waals surface area contributed by atoms with Gasteiger partial charge in [0.2, 0.25) is 0 Å². The van der Waals surface area contributed by atoms with Gasteiger partial charge in [-0.1, -0.05) is 0 Å². The number of thiazole rings is 1. The Hall–Kier alpha value is -1.13. The summed E-state index contributed by atoms with van der Waals surface area (Å²) in [4.78, 5) is 6.73. The van der Waals surface area contributed by atoms with Crippen LogP contribution in [-0.4, -0.2) is 30.5 Å². The molecule has 0 fully saturated rings. The third kappa shape index (κ3) is 2.46. The van der Waals surface area contributed by atoms with Crippen LogP contribution in [0.2, 0.25) is 0 Å². The molecule has 0 bridgehead atoms. The van der Waals surface area contributed by atoms with E-state index in [2.05, 4.69) is 24.0 Å². The molecular formula is C11H15N3S. The molecular weight excluding hydrogens is 206 g/mol. The van der Waals surface area contributed by atoms with E-state index >= 15 is 0 Å². The molecule has 0 aliphatic rings. The summed E-state index contributed by atoms with van der Waals surface area (Å²) >= 11 is 1.74. The van der Waals surface area contributed by atoms with Crippen molar-refractivity contribution in [3.8, 4) is 0 Å². The third-order valence-corrected chi connectivity index (χ3v) is 3.31. The lowest BCUT2D eigenvalue weighted by molar-refractivity contribution is 0.413. The summed E-state index contributed by atoms with van der Waals surface area (Å²) < 4.78 is 1.18. The second-order valence-corrected chi connectivity index (χ2v) is 5.00. The molecule has 2 aromatic rings. The van der Waals surface area contributed by atoms with Crippen molar-refractivity contribution in [3.05, 3.63) is 23.2 Å². The highest BCUT2D eigenvalue weighted by molar-refractivity contribution is 7.18. The Morgan fingerprint density at radius 1 is 1.40 bits per heavy atom. The molecule has 0 atom stereocenters. The van der Waals surface area contributed by atoms with Gasteiger partial charge in [-0.25, -0.2) is 4.98 Å². The van der Waals surface area contributed by atoms with Crippen molar-refractivity contribution in [1.82, 2.24) is 9.88 Å². The highest BCUT2D eigenvalue weighted by atomic mass is 32.1. The van der Waals surface area contributed by atoms with Crippen LogP contribution < -0.4 is 5.73 Å². The molecule has 1 aromatic heterocycles. The van der Waals surface area contributed by atoms with E-state index < -0.39 is 0 Å². The maximum absolute atomic E-state index is 5.73. The van der Waals surface area contributed by atoms with Gasteiger partial charge in [-0.05, 0) is 32.3 Å². The van der Waals surface area contributed by atoms with Crippen molar-refractivity contribution in [2.24, 2.45) is 0 Å². The molecule has 0 radical (unpaired) electrons. The van der Waals surface area contributed by atoms with E-state index in [4.69, 9.17) is 5.73 Å². The lowest BCUT2D eigenvalue weighted by Crippen LogP contribution is -2.14. The van der Waals surface area contributed by atoms with Gasteiger partial charge in [0.15, 0.2) is 0 Å². The van der Waals surface area contributed by atoms with Crippen LogP contribution in [0.1, 0.15) is 5.01 Å². The molecule has 0 unspecified atom stereocenters. The standard InChI is InChI=1S/C11H15N3S/c1-14(2)6-5-11-13-9-4-3-8(12)7-10(9)15-11/h3-4,7H,5-6,12H2,1-2H3. The molecule has 0 aliphatic heterocycles. The summed E-state index contributed by atoms with van der Waals surface area (Å²) in [6, 6.07) is 5.88. The molecule has 1 aromatic carbocycles. The first-order valence-corrected chi connectivity index (χ1v) is 5.76. The third-order valence-electron chi connectivity index (χ3n) is 2.23. The van der Waals surface area contributed by atoms with Crippen molar-refractivity contribution in [3.63, 3.8) is 0 Å². The Bertz CT molecular complexity index is 462. The summed E-state index contributed by atoms with van der Waals surface area (Å²) in [5, 5.41) is 1.18. The summed E-state index contributed by atoms with van der Waals surface area (Å²) in [5.74, 6) is 0. The molecule has 0 spiro atoms. The molecule has 0 aliphatic carbocycles. The van der Waals surface area contributed by atoms with Crippen molar-refractivity contribution < 1.29 is 0 Å². The van der Waals surface area contributed by atoms with E-state index in [9.17, 15) is 0 Å². The Labute approximate surface area is 93.5 Å². The molecule has 2 rings (SSSR count). The SMILES string of the molecule is CN(C)CCc1nc2ccc(N)cc2s1. The van der Waals surface area contributed by atoms with E-state index in [1.807, 2.05) is 18.2 Å². The van der Waals surface area contributed by atoms with Crippen LogP contribution in [0, 0.1) is 0 Å². The highest BCUT2D eigenvalue weighted by Gasteiger charge is 2.04. The fraction of sp³-hybridized carbons (Fsp3) is 0.364. The molecule has 0 saturated heterocycles. The summed E-state index contributed by atoms with van der Waals surface area (Å²) in [5.41, 5.74) is 7.59. The zero-order chi connectivity index (χ0) is 10.8. The van der Waals surface area contributed by atoms with Crippen LogP contribution in [0.3, 0.4) is 0 Å². The van der Waals surface area contributed by atoms with Crippen LogP contribution >= 0.6 is 11.3 Å². The van der Waals surface area contributed by atoms with Crippen LogP contribution in [0.15, 0.2) is 18.2 Å². The Morgan fingerprint density at radius 3 is 2.93 bits per heavy atom. The fourth-order valence-electron chi connectivity index (χ4n) is 1.42. The Kier molecular flexibility index (Phi) is 2.88. The molecule has 15 heavy (non-hydrogen) atoms. The van der Waals surface area contributed by atoms with Gasteiger partial charge in [0.25, 0.3) is 0 Å². The molecule has 0 saturated carbocycles. The lowest BCUT2D eigenvalue weighted by atomic mass is 10.3. The topological polar surface area (TPSA) is 42.2 Å². The number of aromatic nitrogens is 1. The second-order valence-electron chi connectivity index (χ2n) is 3.89. The number of rotatable bonds is 3. The van der Waals surface area contributed by atoms with Crippen molar-refractivity contribution in [1.29, 1.82) is 0 Å². The van der Waals surface area contributed by atoms with Crippen molar-refractivity contribution in [2.45, 2.75) is 6.42 Å². The van der Waals surface area contributed by atoms with Gasteiger partial charge in [0, 0.05) is 18.7 Å². The van der Waals surface area contributed by atoms with E-state index in [1.54, 1.807) is 11.3 Å². The number of hydrogen-bond acceptors (Lipinski definition) is 4. The van der Waals surface area contributed by atoms with Crippen molar-refractivity contribution in [2.75, 3.05) is 26.4 Å². The van der Waals surface area contributed by atoms with Gasteiger partial charge in [0.05, 0.1) is 15.2 Å². The van der Waals surface area contributed by atoms with Crippen LogP contribution in [-0.2, 0) is 6.42 Å². The minimum Gasteiger partial charge on any atom is -0.399 e. The molecule has 0 amide bonds. The lowest BCUT2D eigenvalue weighted by Gasteiger charge is -2.06. The summed E-state index contributed by atoms with van der Waals surface area (Å²) in [6.07, 6.45) is 1.01. The molecule has 80 valence electrons. The Balaban J connectivity index is 2.23. The molecule has 1 heterocycles. The van der Waals surface area contributed by atoms with Crippen LogP contribution in [0.5, 0.6) is 0 Å². The van der Waals surface area contributed by atoms with Gasteiger partial charge in [0.1, 0.15) is 0 Å². The highest BCUT2D eigenvalue weighted by Crippen LogP contribution is 2.24. The first-order chi connectivity index (χ1) is 7.15. The van der Waals surface area contributed by atoms with E-state index in [1.165, 1.54) is 9.71 Å². The monoisotopic (exact) mass is 221 g/mol. The largest absolute Gasteiger partial charge is 0.399 e. The quantitative estimate of drug-likeness (QED) is 0.806. The van der Waals surface area contributed by atoms with E-state index in [-0.39, 0.29) is 0 Å². The van der Waals surface area contributed by atoms with E-state index in [0.29, 0.717) is 0 Å².